The van der Waals surface area contributed by atoms with Crippen LogP contribution in [-0.2, 0) is 26.2 Å². The molecule has 7 nitrogen and oxygen atoms in total. The Morgan fingerprint density at radius 1 is 1.16 bits per heavy atom. The highest BCUT2D eigenvalue weighted by Gasteiger charge is 2.44. The van der Waals surface area contributed by atoms with E-state index >= 15 is 0 Å². The summed E-state index contributed by atoms with van der Waals surface area (Å²) >= 11 is 0. The lowest BCUT2D eigenvalue weighted by Crippen LogP contribution is -2.47. The Labute approximate surface area is 145 Å². The van der Waals surface area contributed by atoms with E-state index in [1.807, 2.05) is 0 Å². The first-order valence-corrected chi connectivity index (χ1v) is 9.24. The molecule has 0 aliphatic carbocycles. The van der Waals surface area contributed by atoms with Crippen LogP contribution in [-0.4, -0.2) is 35.6 Å². The third-order valence-electron chi connectivity index (χ3n) is 3.93. The van der Waals surface area contributed by atoms with Gasteiger partial charge in [0.1, 0.15) is 6.04 Å². The molecule has 1 aromatic carbocycles. The van der Waals surface area contributed by atoms with Crippen molar-refractivity contribution in [1.29, 1.82) is 0 Å². The molecule has 0 bridgehead atoms. The lowest BCUT2D eigenvalue weighted by Gasteiger charge is -2.23. The van der Waals surface area contributed by atoms with Crippen molar-refractivity contribution < 1.29 is 18.0 Å². The van der Waals surface area contributed by atoms with Gasteiger partial charge in [-0.2, -0.15) is 0 Å². The first-order chi connectivity index (χ1) is 12.0. The molecule has 2 heterocycles. The summed E-state index contributed by atoms with van der Waals surface area (Å²) in [5.41, 5.74) is 0.651. The molecule has 1 aliphatic rings. The molecule has 1 unspecified atom stereocenters. The summed E-state index contributed by atoms with van der Waals surface area (Å²) in [6.07, 6.45) is 1.79. The van der Waals surface area contributed by atoms with Gasteiger partial charge in [0.05, 0.1) is 17.1 Å². The maximum atomic E-state index is 12.7. The number of sulfonamides is 1. The summed E-state index contributed by atoms with van der Waals surface area (Å²) in [5, 5.41) is 2.66. The van der Waals surface area contributed by atoms with Crippen molar-refractivity contribution in [3.63, 3.8) is 0 Å². The Morgan fingerprint density at radius 3 is 2.56 bits per heavy atom. The van der Waals surface area contributed by atoms with Crippen LogP contribution in [0.3, 0.4) is 0 Å². The van der Waals surface area contributed by atoms with Crippen LogP contribution >= 0.6 is 0 Å². The van der Waals surface area contributed by atoms with Crippen molar-refractivity contribution in [2.75, 3.05) is 0 Å². The summed E-state index contributed by atoms with van der Waals surface area (Å²) in [6.45, 7) is 0.170. The van der Waals surface area contributed by atoms with Crippen LogP contribution in [0, 0.1) is 0 Å². The molecule has 8 heteroatoms. The Kier molecular flexibility index (Phi) is 4.80. The lowest BCUT2D eigenvalue weighted by atomic mass is 10.2. The minimum Gasteiger partial charge on any atom is -0.349 e. The average molecular weight is 359 g/mol. The number of benzene rings is 1. The van der Waals surface area contributed by atoms with Crippen molar-refractivity contribution in [1.82, 2.24) is 14.6 Å². The highest BCUT2D eigenvalue weighted by atomic mass is 32.2. The van der Waals surface area contributed by atoms with Gasteiger partial charge in [-0.15, -0.1) is 0 Å². The maximum absolute atomic E-state index is 12.7. The van der Waals surface area contributed by atoms with Crippen LogP contribution in [0.4, 0.5) is 0 Å². The molecule has 25 heavy (non-hydrogen) atoms. The fourth-order valence-corrected chi connectivity index (χ4v) is 4.33. The molecule has 1 N–H and O–H groups in total. The van der Waals surface area contributed by atoms with E-state index in [9.17, 15) is 18.0 Å². The first kappa shape index (κ1) is 17.1. The molecule has 3 rings (SSSR count). The molecule has 2 aromatic rings. The minimum absolute atomic E-state index is 0.00669. The first-order valence-electron chi connectivity index (χ1n) is 7.80. The summed E-state index contributed by atoms with van der Waals surface area (Å²) < 4.78 is 26.2. The Balaban J connectivity index is 1.79. The number of carbonyl (C=O) groups is 2. The quantitative estimate of drug-likeness (QED) is 0.862. The smallest absolute Gasteiger partial charge is 0.267 e. The van der Waals surface area contributed by atoms with Gasteiger partial charge in [0.25, 0.3) is 10.0 Å². The number of nitrogens with zero attached hydrogens (tertiary/aromatic N) is 2. The van der Waals surface area contributed by atoms with Gasteiger partial charge in [-0.1, -0.05) is 24.3 Å². The van der Waals surface area contributed by atoms with Crippen LogP contribution in [0.15, 0.2) is 59.6 Å². The van der Waals surface area contributed by atoms with Crippen LogP contribution < -0.4 is 5.32 Å². The van der Waals surface area contributed by atoms with Crippen molar-refractivity contribution in [2.24, 2.45) is 0 Å². The predicted octanol–water partition coefficient (Wildman–Crippen LogP) is 1.08. The average Bonchev–Trinajstić information content (AvgIpc) is 3.04. The Hall–Kier alpha value is -2.74. The van der Waals surface area contributed by atoms with E-state index in [4.69, 9.17) is 0 Å². The lowest BCUT2D eigenvalue weighted by molar-refractivity contribution is -0.130. The van der Waals surface area contributed by atoms with Crippen LogP contribution in [0.1, 0.15) is 18.5 Å². The molecule has 2 amide bonds. The molecular weight excluding hydrogens is 342 g/mol. The van der Waals surface area contributed by atoms with Crippen molar-refractivity contribution in [3.05, 3.63) is 60.4 Å². The SMILES string of the molecule is O=C(NCc1ccccn1)C1CCC(=O)N1S(=O)(=O)c1ccccc1. The standard InChI is InChI=1S/C17H17N3O4S/c21-16-10-9-15(17(22)19-12-13-6-4-5-11-18-13)20(16)25(23,24)14-7-2-1-3-8-14/h1-8,11,15H,9-10,12H2,(H,19,22). The number of aromatic nitrogens is 1. The summed E-state index contributed by atoms with van der Waals surface area (Å²) in [7, 11) is -4.06. The predicted molar refractivity (Wildman–Crippen MR) is 89.6 cm³/mol. The third kappa shape index (κ3) is 3.53. The number of carbonyl (C=O) groups excluding carboxylic acids is 2. The van der Waals surface area contributed by atoms with Gasteiger partial charge in [-0.25, -0.2) is 12.7 Å². The van der Waals surface area contributed by atoms with E-state index in [0.717, 1.165) is 0 Å². The van der Waals surface area contributed by atoms with Crippen LogP contribution in [0.2, 0.25) is 0 Å². The number of hydrogen-bond acceptors (Lipinski definition) is 5. The zero-order valence-corrected chi connectivity index (χ0v) is 14.1. The van der Waals surface area contributed by atoms with Crippen molar-refractivity contribution in [3.8, 4) is 0 Å². The molecule has 1 atom stereocenters. The van der Waals surface area contributed by atoms with E-state index in [1.54, 1.807) is 42.6 Å². The maximum Gasteiger partial charge on any atom is 0.267 e. The molecule has 0 saturated carbocycles. The van der Waals surface area contributed by atoms with E-state index < -0.39 is 27.9 Å². The monoisotopic (exact) mass is 359 g/mol. The van der Waals surface area contributed by atoms with Gasteiger partial charge in [0.15, 0.2) is 0 Å². The van der Waals surface area contributed by atoms with Crippen molar-refractivity contribution in [2.45, 2.75) is 30.3 Å². The minimum atomic E-state index is -4.06. The van der Waals surface area contributed by atoms with Gasteiger partial charge in [-0.3, -0.25) is 14.6 Å². The van der Waals surface area contributed by atoms with E-state index in [2.05, 4.69) is 10.3 Å². The zero-order chi connectivity index (χ0) is 17.9. The van der Waals surface area contributed by atoms with Gasteiger partial charge in [0, 0.05) is 12.6 Å². The topological polar surface area (TPSA) is 96.4 Å². The van der Waals surface area contributed by atoms with Crippen LogP contribution in [0.5, 0.6) is 0 Å². The number of rotatable bonds is 5. The molecule has 1 aromatic heterocycles. The second-order valence-electron chi connectivity index (χ2n) is 5.60. The second-order valence-corrected chi connectivity index (χ2v) is 7.42. The fourth-order valence-electron chi connectivity index (χ4n) is 2.70. The molecule has 0 radical (unpaired) electrons. The summed E-state index contributed by atoms with van der Waals surface area (Å²) in [4.78, 5) is 28.7. The normalized spacial score (nSPS) is 17.5. The summed E-state index contributed by atoms with van der Waals surface area (Å²) in [5.74, 6) is -1.07. The van der Waals surface area contributed by atoms with E-state index in [0.29, 0.717) is 10.00 Å². The third-order valence-corrected chi connectivity index (χ3v) is 5.78. The van der Waals surface area contributed by atoms with E-state index in [1.165, 1.54) is 12.1 Å². The molecular formula is C17H17N3O4S. The number of amides is 2. The van der Waals surface area contributed by atoms with Crippen LogP contribution in [0.25, 0.3) is 0 Å². The number of nitrogens with one attached hydrogen (secondary N) is 1. The highest BCUT2D eigenvalue weighted by molar-refractivity contribution is 7.89. The molecule has 130 valence electrons. The Bertz CT molecular complexity index is 869. The van der Waals surface area contributed by atoms with Gasteiger partial charge >= 0.3 is 0 Å². The summed E-state index contributed by atoms with van der Waals surface area (Å²) in [6, 6.07) is 11.9. The van der Waals surface area contributed by atoms with Crippen molar-refractivity contribution >= 4 is 21.8 Å². The van der Waals surface area contributed by atoms with Gasteiger partial charge < -0.3 is 5.32 Å². The second kappa shape index (κ2) is 7.02. The molecule has 0 spiro atoms. The number of pyridine rings is 1. The fraction of sp³-hybridized carbons (Fsp3) is 0.235. The Morgan fingerprint density at radius 2 is 1.88 bits per heavy atom. The largest absolute Gasteiger partial charge is 0.349 e. The van der Waals surface area contributed by atoms with Gasteiger partial charge in [0.2, 0.25) is 11.8 Å². The van der Waals surface area contributed by atoms with E-state index in [-0.39, 0.29) is 24.3 Å². The van der Waals surface area contributed by atoms with Gasteiger partial charge in [-0.05, 0) is 30.7 Å². The molecule has 1 fully saturated rings. The molecule has 1 aliphatic heterocycles. The molecule has 1 saturated heterocycles. The number of hydrogen-bond donors (Lipinski definition) is 1. The highest BCUT2D eigenvalue weighted by Crippen LogP contribution is 2.27. The zero-order valence-electron chi connectivity index (χ0n) is 13.3.